The van der Waals surface area contributed by atoms with Crippen LogP contribution in [0, 0.1) is 0 Å². The molecule has 1 aromatic rings. The molecule has 0 saturated carbocycles. The van der Waals surface area contributed by atoms with Gasteiger partial charge in [0, 0.05) is 13.1 Å². The fraction of sp³-hybridized carbons (Fsp3) is 0.500. The van der Waals surface area contributed by atoms with Crippen molar-refractivity contribution in [2.24, 2.45) is 0 Å². The number of pyridine rings is 1. The molecular formula is C10H14Cl2N2. The minimum atomic E-state index is 0.355. The first-order valence-electron chi connectivity index (χ1n) is 4.69. The van der Waals surface area contributed by atoms with E-state index in [1.165, 1.54) is 0 Å². The van der Waals surface area contributed by atoms with Gasteiger partial charge in [0.2, 0.25) is 0 Å². The minimum Gasteiger partial charge on any atom is -0.357 e. The maximum absolute atomic E-state index is 5.92. The fourth-order valence-electron chi connectivity index (χ4n) is 1.29. The van der Waals surface area contributed by atoms with Gasteiger partial charge >= 0.3 is 0 Å². The second-order valence-electron chi connectivity index (χ2n) is 2.90. The van der Waals surface area contributed by atoms with Crippen LogP contribution in [0.15, 0.2) is 12.1 Å². The van der Waals surface area contributed by atoms with E-state index in [0.29, 0.717) is 10.9 Å². The summed E-state index contributed by atoms with van der Waals surface area (Å²) in [5, 5.41) is 0.635. The topological polar surface area (TPSA) is 16.1 Å². The molecule has 1 heterocycles. The molecule has 14 heavy (non-hydrogen) atoms. The molecule has 0 saturated heterocycles. The quantitative estimate of drug-likeness (QED) is 0.741. The van der Waals surface area contributed by atoms with Gasteiger partial charge < -0.3 is 4.90 Å². The highest BCUT2D eigenvalue weighted by Crippen LogP contribution is 2.20. The first-order chi connectivity index (χ1) is 6.72. The number of aromatic nitrogens is 1. The molecule has 0 N–H and O–H groups in total. The van der Waals surface area contributed by atoms with E-state index >= 15 is 0 Å². The molecule has 0 aliphatic carbocycles. The van der Waals surface area contributed by atoms with Gasteiger partial charge in [0.25, 0.3) is 0 Å². The van der Waals surface area contributed by atoms with Gasteiger partial charge in [0.15, 0.2) is 0 Å². The van der Waals surface area contributed by atoms with Gasteiger partial charge in [-0.3, -0.25) is 0 Å². The van der Waals surface area contributed by atoms with Crippen molar-refractivity contribution in [1.29, 1.82) is 0 Å². The largest absolute Gasteiger partial charge is 0.357 e. The van der Waals surface area contributed by atoms with Gasteiger partial charge in [-0.25, -0.2) is 4.98 Å². The Kier molecular flexibility index (Phi) is 4.49. The molecular weight excluding hydrogens is 219 g/mol. The third kappa shape index (κ3) is 2.52. The lowest BCUT2D eigenvalue weighted by Crippen LogP contribution is -2.23. The van der Waals surface area contributed by atoms with Crippen molar-refractivity contribution in [3.05, 3.63) is 22.8 Å². The number of hydrogen-bond acceptors (Lipinski definition) is 2. The van der Waals surface area contributed by atoms with Crippen LogP contribution in [0.3, 0.4) is 0 Å². The van der Waals surface area contributed by atoms with Crippen LogP contribution < -0.4 is 4.90 Å². The van der Waals surface area contributed by atoms with Crippen LogP contribution in [0.5, 0.6) is 0 Å². The Morgan fingerprint density at radius 2 is 1.93 bits per heavy atom. The molecule has 2 nitrogen and oxygen atoms in total. The number of nitrogens with zero attached hydrogens (tertiary/aromatic N) is 2. The summed E-state index contributed by atoms with van der Waals surface area (Å²) >= 11 is 11.7. The van der Waals surface area contributed by atoms with Crippen LogP contribution in [0.2, 0.25) is 5.02 Å². The molecule has 0 fully saturated rings. The van der Waals surface area contributed by atoms with Gasteiger partial charge in [-0.15, -0.1) is 11.6 Å². The summed E-state index contributed by atoms with van der Waals surface area (Å²) in [4.78, 5) is 6.55. The van der Waals surface area contributed by atoms with E-state index in [1.54, 1.807) is 0 Å². The van der Waals surface area contributed by atoms with E-state index in [0.717, 1.165) is 24.6 Å². The fourth-order valence-corrected chi connectivity index (χ4v) is 1.73. The highest BCUT2D eigenvalue weighted by atomic mass is 35.5. The molecule has 0 aliphatic heterocycles. The molecule has 0 atom stereocenters. The van der Waals surface area contributed by atoms with Crippen LogP contribution in [0.25, 0.3) is 0 Å². The Balaban J connectivity index is 2.98. The van der Waals surface area contributed by atoms with Crippen molar-refractivity contribution in [3.8, 4) is 0 Å². The average molecular weight is 233 g/mol. The Bertz CT molecular complexity index is 298. The summed E-state index contributed by atoms with van der Waals surface area (Å²) < 4.78 is 0. The van der Waals surface area contributed by atoms with Crippen LogP contribution >= 0.6 is 23.2 Å². The third-order valence-electron chi connectivity index (χ3n) is 2.12. The maximum atomic E-state index is 5.92. The molecule has 0 unspecified atom stereocenters. The van der Waals surface area contributed by atoms with E-state index in [-0.39, 0.29) is 0 Å². The number of rotatable bonds is 4. The standard InChI is InChI=1S/C10H14Cl2N2/c1-3-14(4-2)10-6-5-8(12)9(7-11)13-10/h5-6H,3-4,7H2,1-2H3. The zero-order valence-corrected chi connectivity index (χ0v) is 9.94. The molecule has 1 rings (SSSR count). The van der Waals surface area contributed by atoms with Gasteiger partial charge in [0.05, 0.1) is 16.6 Å². The second-order valence-corrected chi connectivity index (χ2v) is 3.58. The van der Waals surface area contributed by atoms with Crippen LogP contribution in [0.4, 0.5) is 5.82 Å². The normalized spacial score (nSPS) is 10.3. The van der Waals surface area contributed by atoms with Crippen molar-refractivity contribution in [1.82, 2.24) is 4.98 Å². The lowest BCUT2D eigenvalue weighted by molar-refractivity contribution is 0.841. The molecule has 0 spiro atoms. The number of halogens is 2. The summed E-state index contributed by atoms with van der Waals surface area (Å²) in [6, 6.07) is 3.77. The Hall–Kier alpha value is -0.470. The number of hydrogen-bond donors (Lipinski definition) is 0. The zero-order valence-electron chi connectivity index (χ0n) is 8.43. The van der Waals surface area contributed by atoms with Crippen molar-refractivity contribution < 1.29 is 0 Å². The summed E-state index contributed by atoms with van der Waals surface area (Å²) in [7, 11) is 0. The third-order valence-corrected chi connectivity index (χ3v) is 2.72. The van der Waals surface area contributed by atoms with Crippen molar-refractivity contribution in [3.63, 3.8) is 0 Å². The Morgan fingerprint density at radius 3 is 2.43 bits per heavy atom. The first-order valence-corrected chi connectivity index (χ1v) is 5.60. The monoisotopic (exact) mass is 232 g/mol. The maximum Gasteiger partial charge on any atom is 0.128 e. The number of anilines is 1. The highest BCUT2D eigenvalue weighted by Gasteiger charge is 2.06. The lowest BCUT2D eigenvalue weighted by Gasteiger charge is -2.20. The average Bonchev–Trinajstić information content (AvgIpc) is 2.22. The van der Waals surface area contributed by atoms with E-state index in [9.17, 15) is 0 Å². The van der Waals surface area contributed by atoms with E-state index in [4.69, 9.17) is 23.2 Å². The molecule has 1 aromatic heterocycles. The summed E-state index contributed by atoms with van der Waals surface area (Å²) in [6.45, 7) is 6.07. The van der Waals surface area contributed by atoms with E-state index < -0.39 is 0 Å². The van der Waals surface area contributed by atoms with Crippen molar-refractivity contribution in [2.75, 3.05) is 18.0 Å². The first kappa shape index (κ1) is 11.6. The SMILES string of the molecule is CCN(CC)c1ccc(Cl)c(CCl)n1. The minimum absolute atomic E-state index is 0.355. The summed E-state index contributed by atoms with van der Waals surface area (Å²) in [6.07, 6.45) is 0. The van der Waals surface area contributed by atoms with Gasteiger partial charge in [-0.2, -0.15) is 0 Å². The van der Waals surface area contributed by atoms with Crippen molar-refractivity contribution in [2.45, 2.75) is 19.7 Å². The van der Waals surface area contributed by atoms with Crippen molar-refractivity contribution >= 4 is 29.0 Å². The Morgan fingerprint density at radius 1 is 1.29 bits per heavy atom. The summed E-state index contributed by atoms with van der Waals surface area (Å²) in [5.41, 5.74) is 0.748. The lowest BCUT2D eigenvalue weighted by atomic mass is 10.3. The molecule has 0 aliphatic rings. The predicted molar refractivity (Wildman–Crippen MR) is 62.4 cm³/mol. The molecule has 0 amide bonds. The smallest absolute Gasteiger partial charge is 0.128 e. The highest BCUT2D eigenvalue weighted by molar-refractivity contribution is 6.32. The molecule has 0 aromatic carbocycles. The molecule has 0 radical (unpaired) electrons. The molecule has 78 valence electrons. The second kappa shape index (κ2) is 5.42. The molecule has 4 heteroatoms. The van der Waals surface area contributed by atoms with Gasteiger partial charge in [0.1, 0.15) is 5.82 Å². The summed E-state index contributed by atoms with van der Waals surface area (Å²) in [5.74, 6) is 1.29. The predicted octanol–water partition coefficient (Wildman–Crippen LogP) is 3.32. The van der Waals surface area contributed by atoms with Crippen LogP contribution in [-0.4, -0.2) is 18.1 Å². The van der Waals surface area contributed by atoms with Gasteiger partial charge in [-0.05, 0) is 26.0 Å². The molecule has 0 bridgehead atoms. The van der Waals surface area contributed by atoms with E-state index in [1.807, 2.05) is 12.1 Å². The number of alkyl halides is 1. The zero-order chi connectivity index (χ0) is 10.6. The Labute approximate surface area is 94.8 Å². The van der Waals surface area contributed by atoms with E-state index in [2.05, 4.69) is 23.7 Å². The van der Waals surface area contributed by atoms with Crippen LogP contribution in [0.1, 0.15) is 19.5 Å². The van der Waals surface area contributed by atoms with Crippen LogP contribution in [-0.2, 0) is 5.88 Å². The van der Waals surface area contributed by atoms with Gasteiger partial charge in [-0.1, -0.05) is 11.6 Å².